The van der Waals surface area contributed by atoms with Gasteiger partial charge in [-0.3, -0.25) is 0 Å². The molecular formula is C18H15ClF3N3O2S. The molecule has 28 heavy (non-hydrogen) atoms. The summed E-state index contributed by atoms with van der Waals surface area (Å²) in [4.78, 5) is 3.59. The number of hydrogen-bond donors (Lipinski definition) is 0. The van der Waals surface area contributed by atoms with Crippen LogP contribution in [0, 0.1) is 13.8 Å². The maximum absolute atomic E-state index is 12.7. The van der Waals surface area contributed by atoms with E-state index in [2.05, 4.69) is 10.1 Å². The second kappa shape index (κ2) is 7.21. The first-order chi connectivity index (χ1) is 13.0. The van der Waals surface area contributed by atoms with Gasteiger partial charge in [-0.2, -0.15) is 18.3 Å². The number of aryl methyl sites for hydroxylation is 2. The molecule has 0 aliphatic rings. The van der Waals surface area contributed by atoms with Gasteiger partial charge in [-0.15, -0.1) is 0 Å². The number of halogens is 4. The molecule has 0 bridgehead atoms. The number of benzene rings is 1. The molecule has 0 atom stereocenters. The molecule has 148 valence electrons. The van der Waals surface area contributed by atoms with Gasteiger partial charge in [0, 0.05) is 6.20 Å². The van der Waals surface area contributed by atoms with Gasteiger partial charge in [-0.05, 0) is 25.5 Å². The summed E-state index contributed by atoms with van der Waals surface area (Å²) >= 11 is 5.89. The molecule has 5 nitrogen and oxygen atoms in total. The Bertz CT molecular complexity index is 1120. The van der Waals surface area contributed by atoms with E-state index in [0.717, 1.165) is 28.1 Å². The lowest BCUT2D eigenvalue weighted by Crippen LogP contribution is -2.08. The molecule has 0 aliphatic carbocycles. The zero-order valence-electron chi connectivity index (χ0n) is 14.8. The van der Waals surface area contributed by atoms with Crippen molar-refractivity contribution in [2.24, 2.45) is 0 Å². The maximum Gasteiger partial charge on any atom is 0.417 e. The highest BCUT2D eigenvalue weighted by molar-refractivity contribution is 7.90. The highest BCUT2D eigenvalue weighted by Gasteiger charge is 2.32. The Morgan fingerprint density at radius 1 is 1.07 bits per heavy atom. The summed E-state index contributed by atoms with van der Waals surface area (Å²) in [6, 6.07) is 6.22. The molecule has 0 fully saturated rings. The second-order valence-corrected chi connectivity index (χ2v) is 8.80. The van der Waals surface area contributed by atoms with Gasteiger partial charge < -0.3 is 0 Å². The lowest BCUT2D eigenvalue weighted by molar-refractivity contribution is -0.137. The number of rotatable bonds is 4. The van der Waals surface area contributed by atoms with E-state index in [1.54, 1.807) is 12.1 Å². The minimum absolute atomic E-state index is 0.0792. The third-order valence-electron chi connectivity index (χ3n) is 3.92. The standard InChI is InChI=1S/C18H15ClF3N3O2S/c1-11-3-12(2)5-13(4-11)10-28(26,27)15-8-24-25(9-15)17-16(19)6-14(7-23-17)18(20,21)22/h3-9H,10H2,1-2H3. The van der Waals surface area contributed by atoms with E-state index in [4.69, 9.17) is 11.6 Å². The van der Waals surface area contributed by atoms with Crippen LogP contribution in [0.1, 0.15) is 22.3 Å². The molecule has 10 heteroatoms. The Kier molecular flexibility index (Phi) is 5.24. The van der Waals surface area contributed by atoms with Crippen molar-refractivity contribution in [1.29, 1.82) is 0 Å². The van der Waals surface area contributed by atoms with E-state index in [1.165, 1.54) is 6.20 Å². The van der Waals surface area contributed by atoms with Gasteiger partial charge in [0.25, 0.3) is 0 Å². The van der Waals surface area contributed by atoms with Crippen LogP contribution in [0.3, 0.4) is 0 Å². The van der Waals surface area contributed by atoms with Gasteiger partial charge in [0.05, 0.1) is 28.7 Å². The lowest BCUT2D eigenvalue weighted by Gasteiger charge is -2.09. The Hall–Kier alpha value is -2.39. The summed E-state index contributed by atoms with van der Waals surface area (Å²) in [5.41, 5.74) is 1.52. The predicted octanol–water partition coefficient (Wildman–Crippen LogP) is 4.53. The molecule has 2 aromatic heterocycles. The molecule has 0 amide bonds. The summed E-state index contributed by atoms with van der Waals surface area (Å²) in [6.45, 7) is 3.75. The Labute approximate surface area is 164 Å². The van der Waals surface area contributed by atoms with Crippen molar-refractivity contribution < 1.29 is 21.6 Å². The quantitative estimate of drug-likeness (QED) is 0.611. The van der Waals surface area contributed by atoms with Crippen LogP contribution < -0.4 is 0 Å². The zero-order valence-corrected chi connectivity index (χ0v) is 16.4. The molecule has 1 aromatic carbocycles. The molecule has 3 rings (SSSR count). The summed E-state index contributed by atoms with van der Waals surface area (Å²) in [5, 5.41) is 3.60. The number of hydrogen-bond acceptors (Lipinski definition) is 4. The van der Waals surface area contributed by atoms with Crippen molar-refractivity contribution in [3.05, 3.63) is 70.1 Å². The summed E-state index contributed by atoms with van der Waals surface area (Å²) in [7, 11) is -3.71. The fourth-order valence-corrected chi connectivity index (χ4v) is 4.29. The fraction of sp³-hybridized carbons (Fsp3) is 0.222. The molecule has 0 unspecified atom stereocenters. The van der Waals surface area contributed by atoms with E-state index in [0.29, 0.717) is 11.8 Å². The SMILES string of the molecule is Cc1cc(C)cc(CS(=O)(=O)c2cnn(-c3ncc(C(F)(F)F)cc3Cl)c2)c1. The van der Waals surface area contributed by atoms with Crippen LogP contribution >= 0.6 is 11.6 Å². The maximum atomic E-state index is 12.7. The Balaban J connectivity index is 1.91. The molecule has 0 spiro atoms. The van der Waals surface area contributed by atoms with E-state index in [-0.39, 0.29) is 21.5 Å². The van der Waals surface area contributed by atoms with E-state index < -0.39 is 21.6 Å². The van der Waals surface area contributed by atoms with Crippen LogP contribution in [0.2, 0.25) is 5.02 Å². The summed E-state index contributed by atoms with van der Waals surface area (Å²) in [5.74, 6) is -0.322. The first kappa shape index (κ1) is 20.3. The highest BCUT2D eigenvalue weighted by Crippen LogP contribution is 2.32. The van der Waals surface area contributed by atoms with Crippen LogP contribution in [0.25, 0.3) is 5.82 Å². The zero-order chi connectivity index (χ0) is 20.7. The van der Waals surface area contributed by atoms with Gasteiger partial charge in [-0.25, -0.2) is 18.1 Å². The smallest absolute Gasteiger partial charge is 0.235 e. The van der Waals surface area contributed by atoms with Crippen LogP contribution in [0.15, 0.2) is 47.8 Å². The Morgan fingerprint density at radius 3 is 2.29 bits per heavy atom. The van der Waals surface area contributed by atoms with Crippen LogP contribution in [-0.4, -0.2) is 23.2 Å². The first-order valence-corrected chi connectivity index (χ1v) is 10.1. The van der Waals surface area contributed by atoms with Crippen molar-refractivity contribution in [2.75, 3.05) is 0 Å². The minimum atomic E-state index is -4.58. The highest BCUT2D eigenvalue weighted by atomic mass is 35.5. The third-order valence-corrected chi connectivity index (χ3v) is 5.84. The van der Waals surface area contributed by atoms with Gasteiger partial charge in [0.15, 0.2) is 15.7 Å². The van der Waals surface area contributed by atoms with E-state index in [1.807, 2.05) is 19.9 Å². The van der Waals surface area contributed by atoms with Gasteiger partial charge in [0.2, 0.25) is 0 Å². The van der Waals surface area contributed by atoms with Crippen LogP contribution in [0.5, 0.6) is 0 Å². The molecular weight excluding hydrogens is 415 g/mol. The second-order valence-electron chi connectivity index (χ2n) is 6.40. The number of aromatic nitrogens is 3. The van der Waals surface area contributed by atoms with E-state index >= 15 is 0 Å². The average molecular weight is 430 g/mol. The molecule has 0 radical (unpaired) electrons. The number of alkyl halides is 3. The fourth-order valence-electron chi connectivity index (χ4n) is 2.79. The van der Waals surface area contributed by atoms with Gasteiger partial charge in [0.1, 0.15) is 4.90 Å². The monoisotopic (exact) mass is 429 g/mol. The average Bonchev–Trinajstić information content (AvgIpc) is 3.03. The van der Waals surface area contributed by atoms with E-state index in [9.17, 15) is 21.6 Å². The van der Waals surface area contributed by atoms with Crippen molar-refractivity contribution in [2.45, 2.75) is 30.7 Å². The number of pyridine rings is 1. The topological polar surface area (TPSA) is 64.8 Å². The molecule has 0 aliphatic heterocycles. The summed E-state index contributed by atoms with van der Waals surface area (Å²) in [6.07, 6.45) is -1.67. The van der Waals surface area contributed by atoms with Crippen molar-refractivity contribution in [3.8, 4) is 5.82 Å². The minimum Gasteiger partial charge on any atom is -0.235 e. The normalized spacial score (nSPS) is 12.4. The lowest BCUT2D eigenvalue weighted by atomic mass is 10.1. The van der Waals surface area contributed by atoms with Gasteiger partial charge >= 0.3 is 6.18 Å². The molecule has 2 heterocycles. The molecule has 0 N–H and O–H groups in total. The molecule has 3 aromatic rings. The number of nitrogens with zero attached hydrogens (tertiary/aromatic N) is 3. The first-order valence-electron chi connectivity index (χ1n) is 8.03. The van der Waals surface area contributed by atoms with Crippen molar-refractivity contribution >= 4 is 21.4 Å². The molecule has 0 saturated carbocycles. The van der Waals surface area contributed by atoms with Crippen LogP contribution in [-0.2, 0) is 21.8 Å². The van der Waals surface area contributed by atoms with Gasteiger partial charge in [-0.1, -0.05) is 40.9 Å². The third kappa shape index (κ3) is 4.36. The van der Waals surface area contributed by atoms with Crippen molar-refractivity contribution in [3.63, 3.8) is 0 Å². The van der Waals surface area contributed by atoms with Crippen LogP contribution in [0.4, 0.5) is 13.2 Å². The number of sulfone groups is 1. The summed E-state index contributed by atoms with van der Waals surface area (Å²) < 4.78 is 64.6. The Morgan fingerprint density at radius 2 is 1.71 bits per heavy atom. The predicted molar refractivity (Wildman–Crippen MR) is 98.2 cm³/mol. The van der Waals surface area contributed by atoms with Crippen molar-refractivity contribution in [1.82, 2.24) is 14.8 Å². The largest absolute Gasteiger partial charge is 0.417 e. The molecule has 0 saturated heterocycles.